The Labute approximate surface area is 104 Å². The van der Waals surface area contributed by atoms with Crippen LogP contribution >= 0.6 is 11.6 Å². The second-order valence-corrected chi connectivity index (χ2v) is 5.13. The van der Waals surface area contributed by atoms with Crippen molar-refractivity contribution in [1.82, 2.24) is 15.0 Å². The molecule has 0 saturated heterocycles. The molecule has 3 N–H and O–H groups in total. The van der Waals surface area contributed by atoms with Crippen molar-refractivity contribution in [3.05, 3.63) is 5.28 Å². The van der Waals surface area contributed by atoms with Crippen LogP contribution in [0.2, 0.25) is 5.28 Å². The fourth-order valence-electron chi connectivity index (χ4n) is 0.976. The van der Waals surface area contributed by atoms with Crippen LogP contribution in [-0.4, -0.2) is 42.8 Å². The van der Waals surface area contributed by atoms with Crippen LogP contribution in [-0.2, 0) is 10.0 Å². The van der Waals surface area contributed by atoms with Gasteiger partial charge in [0.25, 0.3) is 0 Å². The maximum absolute atomic E-state index is 10.7. The molecule has 17 heavy (non-hydrogen) atoms. The molecule has 0 aliphatic heterocycles. The second kappa shape index (κ2) is 5.94. The first-order chi connectivity index (χ1) is 7.90. The Balaban J connectivity index is 2.49. The van der Waals surface area contributed by atoms with Gasteiger partial charge in [0, 0.05) is 6.54 Å². The third-order valence-electron chi connectivity index (χ3n) is 1.66. The lowest BCUT2D eigenvalue weighted by atomic mass is 10.5. The summed E-state index contributed by atoms with van der Waals surface area (Å²) in [6.07, 6.45) is 0.338. The molecule has 1 rings (SSSR count). The fourth-order valence-corrected chi connectivity index (χ4v) is 1.67. The lowest BCUT2D eigenvalue weighted by Gasteiger charge is -2.05. The summed E-state index contributed by atoms with van der Waals surface area (Å²) < 4.78 is 26.1. The first kappa shape index (κ1) is 13.9. The average Bonchev–Trinajstić information content (AvgIpc) is 2.22. The molecule has 0 fully saturated rings. The Hall–Kier alpha value is -1.19. The lowest BCUT2D eigenvalue weighted by Crippen LogP contribution is -2.19. The molecule has 0 aliphatic carbocycles. The zero-order chi connectivity index (χ0) is 12.9. The van der Waals surface area contributed by atoms with Gasteiger partial charge >= 0.3 is 6.01 Å². The van der Waals surface area contributed by atoms with E-state index < -0.39 is 10.0 Å². The smallest absolute Gasteiger partial charge is 0.322 e. The number of rotatable bonds is 6. The van der Waals surface area contributed by atoms with Crippen LogP contribution in [0.25, 0.3) is 0 Å². The van der Waals surface area contributed by atoms with E-state index in [4.69, 9.17) is 21.5 Å². The number of sulfonamides is 1. The Morgan fingerprint density at radius 1 is 1.41 bits per heavy atom. The molecule has 8 nitrogen and oxygen atoms in total. The van der Waals surface area contributed by atoms with E-state index in [2.05, 4.69) is 20.3 Å². The minimum absolute atomic E-state index is 0.00852. The average molecular weight is 282 g/mol. The number of anilines is 1. The second-order valence-electron chi connectivity index (χ2n) is 3.06. The Morgan fingerprint density at radius 3 is 2.71 bits per heavy atom. The van der Waals surface area contributed by atoms with Crippen LogP contribution in [0.1, 0.15) is 6.42 Å². The topological polar surface area (TPSA) is 120 Å². The van der Waals surface area contributed by atoms with Crippen molar-refractivity contribution in [2.45, 2.75) is 6.42 Å². The predicted octanol–water partition coefficient (Wildman–Crippen LogP) is -0.376. The SMILES string of the molecule is COc1nc(Cl)nc(NCCCS(N)(=O)=O)n1. The third kappa shape index (κ3) is 5.61. The van der Waals surface area contributed by atoms with Crippen LogP contribution < -0.4 is 15.2 Å². The Kier molecular flexibility index (Phi) is 4.85. The van der Waals surface area contributed by atoms with Gasteiger partial charge in [-0.05, 0) is 18.0 Å². The quantitative estimate of drug-likeness (QED) is 0.682. The Bertz CT molecular complexity index is 480. The van der Waals surface area contributed by atoms with Crippen molar-refractivity contribution in [3.8, 4) is 6.01 Å². The summed E-state index contributed by atoms with van der Waals surface area (Å²) in [5, 5.41) is 7.62. The van der Waals surface area contributed by atoms with Gasteiger partial charge < -0.3 is 10.1 Å². The van der Waals surface area contributed by atoms with Gasteiger partial charge in [0.2, 0.25) is 21.3 Å². The van der Waals surface area contributed by atoms with Gasteiger partial charge in [0.05, 0.1) is 12.9 Å². The number of primary sulfonamides is 1. The van der Waals surface area contributed by atoms with Crippen LogP contribution in [0.5, 0.6) is 6.01 Å². The van der Waals surface area contributed by atoms with Crippen molar-refractivity contribution >= 4 is 27.6 Å². The van der Waals surface area contributed by atoms with E-state index in [1.165, 1.54) is 7.11 Å². The summed E-state index contributed by atoms with van der Waals surface area (Å²) in [5.74, 6) is 0.104. The van der Waals surface area contributed by atoms with Crippen molar-refractivity contribution in [2.75, 3.05) is 24.7 Å². The highest BCUT2D eigenvalue weighted by atomic mass is 35.5. The maximum atomic E-state index is 10.7. The molecule has 0 aliphatic rings. The summed E-state index contributed by atoms with van der Waals surface area (Å²) in [7, 11) is -2.04. The van der Waals surface area contributed by atoms with Crippen molar-refractivity contribution in [3.63, 3.8) is 0 Å². The van der Waals surface area contributed by atoms with E-state index in [0.29, 0.717) is 13.0 Å². The third-order valence-corrected chi connectivity index (χ3v) is 2.69. The molecule has 1 aromatic heterocycles. The number of nitrogens with one attached hydrogen (secondary N) is 1. The zero-order valence-electron chi connectivity index (χ0n) is 9.05. The molecule has 0 atom stereocenters. The van der Waals surface area contributed by atoms with E-state index in [1.54, 1.807) is 0 Å². The summed E-state index contributed by atoms with van der Waals surface area (Å²) in [4.78, 5) is 11.3. The number of hydrogen-bond acceptors (Lipinski definition) is 7. The molecule has 10 heteroatoms. The molecule has 0 bridgehead atoms. The minimum atomic E-state index is -3.44. The molecular formula is C7H12ClN5O3S. The van der Waals surface area contributed by atoms with Gasteiger partial charge in [0.1, 0.15) is 0 Å². The highest BCUT2D eigenvalue weighted by molar-refractivity contribution is 7.89. The molecular weight excluding hydrogens is 270 g/mol. The van der Waals surface area contributed by atoms with Crippen LogP contribution in [0.15, 0.2) is 0 Å². The highest BCUT2D eigenvalue weighted by Gasteiger charge is 2.05. The standard InChI is InChI=1S/C7H12ClN5O3S/c1-16-7-12-5(8)11-6(13-7)10-3-2-4-17(9,14)15/h2-4H2,1H3,(H2,9,14,15)(H,10,11,12,13). The van der Waals surface area contributed by atoms with E-state index in [-0.39, 0.29) is 23.0 Å². The van der Waals surface area contributed by atoms with Gasteiger partial charge in [-0.15, -0.1) is 0 Å². The molecule has 0 unspecified atom stereocenters. The number of ether oxygens (including phenoxy) is 1. The zero-order valence-corrected chi connectivity index (χ0v) is 10.6. The summed E-state index contributed by atoms with van der Waals surface area (Å²) in [6.45, 7) is 0.347. The summed E-state index contributed by atoms with van der Waals surface area (Å²) in [5.41, 5.74) is 0. The number of aromatic nitrogens is 3. The first-order valence-corrected chi connectivity index (χ1v) is 6.70. The molecule has 0 amide bonds. The van der Waals surface area contributed by atoms with E-state index in [1.807, 2.05) is 0 Å². The van der Waals surface area contributed by atoms with Crippen molar-refractivity contribution in [1.29, 1.82) is 0 Å². The molecule has 1 aromatic rings. The van der Waals surface area contributed by atoms with Gasteiger partial charge in [-0.3, -0.25) is 0 Å². The van der Waals surface area contributed by atoms with E-state index in [0.717, 1.165) is 0 Å². The molecule has 96 valence electrons. The van der Waals surface area contributed by atoms with E-state index in [9.17, 15) is 8.42 Å². The van der Waals surface area contributed by atoms with E-state index >= 15 is 0 Å². The van der Waals surface area contributed by atoms with Crippen LogP contribution in [0.4, 0.5) is 5.95 Å². The highest BCUT2D eigenvalue weighted by Crippen LogP contribution is 2.10. The van der Waals surface area contributed by atoms with Crippen LogP contribution in [0, 0.1) is 0 Å². The number of hydrogen-bond donors (Lipinski definition) is 2. The monoisotopic (exact) mass is 281 g/mol. The largest absolute Gasteiger partial charge is 0.467 e. The van der Waals surface area contributed by atoms with Gasteiger partial charge in [-0.1, -0.05) is 0 Å². The predicted molar refractivity (Wildman–Crippen MR) is 62.5 cm³/mol. The van der Waals surface area contributed by atoms with Crippen molar-refractivity contribution < 1.29 is 13.2 Å². The summed E-state index contributed by atoms with van der Waals surface area (Å²) in [6, 6.07) is 0.0824. The number of methoxy groups -OCH3 is 1. The number of nitrogens with zero attached hydrogens (tertiary/aromatic N) is 3. The first-order valence-electron chi connectivity index (χ1n) is 4.60. The van der Waals surface area contributed by atoms with Gasteiger partial charge in [-0.25, -0.2) is 13.6 Å². The number of halogens is 1. The molecule has 1 heterocycles. The van der Waals surface area contributed by atoms with Crippen molar-refractivity contribution in [2.24, 2.45) is 5.14 Å². The molecule has 0 spiro atoms. The summed E-state index contributed by atoms with van der Waals surface area (Å²) >= 11 is 5.62. The maximum Gasteiger partial charge on any atom is 0.322 e. The molecule has 0 radical (unpaired) electrons. The minimum Gasteiger partial charge on any atom is -0.467 e. The van der Waals surface area contributed by atoms with Crippen LogP contribution in [0.3, 0.4) is 0 Å². The normalized spacial score (nSPS) is 11.2. The Morgan fingerprint density at radius 2 is 2.12 bits per heavy atom. The molecule has 0 saturated carbocycles. The van der Waals surface area contributed by atoms with Gasteiger partial charge in [0.15, 0.2) is 0 Å². The molecule has 0 aromatic carbocycles. The fraction of sp³-hybridized carbons (Fsp3) is 0.571. The lowest BCUT2D eigenvalue weighted by molar-refractivity contribution is 0.379. The van der Waals surface area contributed by atoms with Gasteiger partial charge in [-0.2, -0.15) is 15.0 Å². The number of nitrogens with two attached hydrogens (primary N) is 1.